The van der Waals surface area contributed by atoms with Gasteiger partial charge in [-0.3, -0.25) is 4.79 Å². The lowest BCUT2D eigenvalue weighted by Crippen LogP contribution is -2.32. The number of benzene rings is 3. The number of hydrogen-bond donors (Lipinski definition) is 2. The highest BCUT2D eigenvalue weighted by molar-refractivity contribution is 5.86. The van der Waals surface area contributed by atoms with Gasteiger partial charge in [-0.25, -0.2) is 4.79 Å². The smallest absolute Gasteiger partial charge is 0.328 e. The number of nitrogens with two attached hydrogens (primary N) is 1. The number of piperidine rings is 1. The van der Waals surface area contributed by atoms with E-state index in [-0.39, 0.29) is 5.92 Å². The molecule has 0 aromatic heterocycles. The third-order valence-corrected chi connectivity index (χ3v) is 6.48. The molecule has 34 heavy (non-hydrogen) atoms. The van der Waals surface area contributed by atoms with E-state index in [0.29, 0.717) is 0 Å². The molecular formula is C29H30N2O3. The van der Waals surface area contributed by atoms with Crippen LogP contribution in [0.4, 0.5) is 5.69 Å². The largest absolute Gasteiger partial charge is 0.478 e. The van der Waals surface area contributed by atoms with Crippen molar-refractivity contribution in [1.29, 1.82) is 0 Å². The molecule has 3 N–H and O–H groups in total. The minimum Gasteiger partial charge on any atom is -0.478 e. The molecule has 0 aliphatic carbocycles. The van der Waals surface area contributed by atoms with Crippen LogP contribution in [0, 0.1) is 0 Å². The molecule has 0 bridgehead atoms. The fourth-order valence-electron chi connectivity index (χ4n) is 4.89. The van der Waals surface area contributed by atoms with E-state index < -0.39 is 17.8 Å². The monoisotopic (exact) mass is 454 g/mol. The average molecular weight is 455 g/mol. The Morgan fingerprint density at radius 1 is 0.824 bits per heavy atom. The van der Waals surface area contributed by atoms with Crippen LogP contribution in [0.1, 0.15) is 53.4 Å². The predicted molar refractivity (Wildman–Crippen MR) is 136 cm³/mol. The van der Waals surface area contributed by atoms with Gasteiger partial charge in [0.1, 0.15) is 0 Å². The SMILES string of the molecule is NC(=O)C(c1ccc(C=CC(=O)O)cc1)C(c1ccccc1)c1ccccc1N1CCCCC1. The van der Waals surface area contributed by atoms with Gasteiger partial charge >= 0.3 is 5.97 Å². The number of para-hydroxylation sites is 1. The first-order valence-corrected chi connectivity index (χ1v) is 11.7. The zero-order chi connectivity index (χ0) is 23.9. The van der Waals surface area contributed by atoms with Gasteiger partial charge in [0.15, 0.2) is 0 Å². The maximum absolute atomic E-state index is 13.0. The molecule has 1 aliphatic rings. The van der Waals surface area contributed by atoms with Crippen LogP contribution in [0.25, 0.3) is 6.08 Å². The Morgan fingerprint density at radius 2 is 1.47 bits per heavy atom. The first-order chi connectivity index (χ1) is 16.5. The number of carboxylic acids is 1. The van der Waals surface area contributed by atoms with E-state index in [2.05, 4.69) is 35.2 Å². The summed E-state index contributed by atoms with van der Waals surface area (Å²) in [6.07, 6.45) is 6.20. The molecule has 0 spiro atoms. The first kappa shape index (κ1) is 23.3. The second kappa shape index (κ2) is 10.8. The minimum absolute atomic E-state index is 0.253. The van der Waals surface area contributed by atoms with Crippen LogP contribution in [0.15, 0.2) is 84.9 Å². The van der Waals surface area contributed by atoms with Gasteiger partial charge in [0.25, 0.3) is 0 Å². The molecule has 5 heteroatoms. The van der Waals surface area contributed by atoms with Gasteiger partial charge in [0.2, 0.25) is 5.91 Å². The highest BCUT2D eigenvalue weighted by Gasteiger charge is 2.33. The Balaban J connectivity index is 1.81. The minimum atomic E-state index is -1.00. The van der Waals surface area contributed by atoms with Crippen LogP contribution in [-0.4, -0.2) is 30.1 Å². The highest BCUT2D eigenvalue weighted by Crippen LogP contribution is 2.43. The molecule has 174 valence electrons. The van der Waals surface area contributed by atoms with Gasteiger partial charge in [-0.2, -0.15) is 0 Å². The van der Waals surface area contributed by atoms with E-state index in [0.717, 1.165) is 59.9 Å². The van der Waals surface area contributed by atoms with Gasteiger partial charge in [0.05, 0.1) is 5.92 Å². The molecule has 3 aromatic carbocycles. The van der Waals surface area contributed by atoms with Crippen molar-refractivity contribution in [1.82, 2.24) is 0 Å². The van der Waals surface area contributed by atoms with Crippen molar-refractivity contribution in [2.75, 3.05) is 18.0 Å². The molecule has 0 radical (unpaired) electrons. The van der Waals surface area contributed by atoms with Gasteiger partial charge in [0, 0.05) is 30.8 Å². The van der Waals surface area contributed by atoms with Crippen molar-refractivity contribution in [2.45, 2.75) is 31.1 Å². The molecule has 1 saturated heterocycles. The predicted octanol–water partition coefficient (Wildman–Crippen LogP) is 5.18. The third kappa shape index (κ3) is 5.37. The zero-order valence-corrected chi connectivity index (χ0v) is 19.1. The van der Waals surface area contributed by atoms with Gasteiger partial charge < -0.3 is 15.7 Å². The Hall–Kier alpha value is -3.86. The number of rotatable bonds is 8. The van der Waals surface area contributed by atoms with E-state index in [1.807, 2.05) is 48.5 Å². The number of carbonyl (C=O) groups excluding carboxylic acids is 1. The molecule has 0 saturated carbocycles. The van der Waals surface area contributed by atoms with Crippen molar-refractivity contribution in [3.63, 3.8) is 0 Å². The summed E-state index contributed by atoms with van der Waals surface area (Å²) in [5.74, 6) is -2.23. The molecule has 1 amide bonds. The fourth-order valence-corrected chi connectivity index (χ4v) is 4.89. The standard InChI is InChI=1S/C29H30N2O3/c30-29(34)28(23-16-13-21(14-17-23)15-18-26(32)33)27(22-9-3-1-4-10-22)24-11-5-6-12-25(24)31-19-7-2-8-20-31/h1,3-6,9-18,27-28H,2,7-8,19-20H2,(H2,30,34)(H,32,33). The summed E-state index contributed by atoms with van der Waals surface area (Å²) < 4.78 is 0. The van der Waals surface area contributed by atoms with Crippen LogP contribution < -0.4 is 10.6 Å². The lowest BCUT2D eigenvalue weighted by atomic mass is 9.76. The normalized spacial score (nSPS) is 15.7. The topological polar surface area (TPSA) is 83.6 Å². The molecule has 2 atom stereocenters. The number of carboxylic acid groups (broad SMARTS) is 1. The summed E-state index contributed by atoms with van der Waals surface area (Å²) in [6.45, 7) is 2.01. The maximum Gasteiger partial charge on any atom is 0.328 e. The molecule has 1 heterocycles. The summed E-state index contributed by atoms with van der Waals surface area (Å²) in [6, 6.07) is 25.8. The molecule has 1 fully saturated rings. The summed E-state index contributed by atoms with van der Waals surface area (Å²) in [5.41, 5.74) is 10.9. The van der Waals surface area contributed by atoms with Crippen molar-refractivity contribution < 1.29 is 14.7 Å². The summed E-state index contributed by atoms with van der Waals surface area (Å²) in [7, 11) is 0. The molecule has 4 rings (SSSR count). The lowest BCUT2D eigenvalue weighted by Gasteiger charge is -2.34. The van der Waals surface area contributed by atoms with E-state index in [9.17, 15) is 9.59 Å². The van der Waals surface area contributed by atoms with Crippen molar-refractivity contribution >= 4 is 23.6 Å². The van der Waals surface area contributed by atoms with Crippen LogP contribution in [0.2, 0.25) is 0 Å². The van der Waals surface area contributed by atoms with E-state index in [1.165, 1.54) is 12.5 Å². The first-order valence-electron chi connectivity index (χ1n) is 11.7. The Morgan fingerprint density at radius 3 is 2.12 bits per heavy atom. The fraction of sp³-hybridized carbons (Fsp3) is 0.241. The zero-order valence-electron chi connectivity index (χ0n) is 19.1. The van der Waals surface area contributed by atoms with E-state index in [1.54, 1.807) is 0 Å². The average Bonchev–Trinajstić information content (AvgIpc) is 2.87. The second-order valence-corrected chi connectivity index (χ2v) is 8.71. The Labute approximate surface area is 200 Å². The maximum atomic E-state index is 13.0. The van der Waals surface area contributed by atoms with Crippen LogP contribution in [-0.2, 0) is 9.59 Å². The number of primary amides is 1. The number of anilines is 1. The molecule has 5 nitrogen and oxygen atoms in total. The van der Waals surface area contributed by atoms with E-state index >= 15 is 0 Å². The molecule has 3 aromatic rings. The van der Waals surface area contributed by atoms with Crippen molar-refractivity contribution in [2.24, 2.45) is 5.73 Å². The van der Waals surface area contributed by atoms with E-state index in [4.69, 9.17) is 10.8 Å². The summed E-state index contributed by atoms with van der Waals surface area (Å²) in [5, 5.41) is 8.90. The van der Waals surface area contributed by atoms with Crippen LogP contribution >= 0.6 is 0 Å². The number of hydrogen-bond acceptors (Lipinski definition) is 3. The quantitative estimate of drug-likeness (QED) is 0.460. The number of carbonyl (C=O) groups is 2. The van der Waals surface area contributed by atoms with Crippen molar-refractivity contribution in [3.05, 3.63) is 107 Å². The molecule has 1 aliphatic heterocycles. The lowest BCUT2D eigenvalue weighted by molar-refractivity contribution is -0.131. The number of nitrogens with zero attached hydrogens (tertiary/aromatic N) is 1. The molecule has 2 unspecified atom stereocenters. The van der Waals surface area contributed by atoms with Crippen molar-refractivity contribution in [3.8, 4) is 0 Å². The van der Waals surface area contributed by atoms with Gasteiger partial charge in [-0.15, -0.1) is 0 Å². The Bertz CT molecular complexity index is 1150. The summed E-state index contributed by atoms with van der Waals surface area (Å²) >= 11 is 0. The van der Waals surface area contributed by atoms with Gasteiger partial charge in [-0.1, -0.05) is 72.8 Å². The molecular weight excluding hydrogens is 424 g/mol. The summed E-state index contributed by atoms with van der Waals surface area (Å²) in [4.78, 5) is 26.3. The highest BCUT2D eigenvalue weighted by atomic mass is 16.4. The second-order valence-electron chi connectivity index (χ2n) is 8.71. The van der Waals surface area contributed by atoms with Crippen LogP contribution in [0.3, 0.4) is 0 Å². The number of amides is 1. The van der Waals surface area contributed by atoms with Gasteiger partial charge in [-0.05, 0) is 53.7 Å². The van der Waals surface area contributed by atoms with Crippen LogP contribution in [0.5, 0.6) is 0 Å². The Kier molecular flexibility index (Phi) is 7.43. The number of aliphatic carboxylic acids is 1. The third-order valence-electron chi connectivity index (χ3n) is 6.48.